The molecule has 2 aromatic heterocycles. The predicted octanol–water partition coefficient (Wildman–Crippen LogP) is 0.999. The molecule has 0 bridgehead atoms. The number of fused-ring (bicyclic) bond motifs is 3. The summed E-state index contributed by atoms with van der Waals surface area (Å²) in [4.78, 5) is 11.4. The Morgan fingerprint density at radius 3 is 3.05 bits per heavy atom. The highest BCUT2D eigenvalue weighted by atomic mass is 16.3. The van der Waals surface area contributed by atoms with Crippen LogP contribution >= 0.6 is 0 Å². The molecule has 20 heavy (non-hydrogen) atoms. The molecule has 1 aliphatic rings. The van der Waals surface area contributed by atoms with E-state index in [9.17, 15) is 9.90 Å². The third kappa shape index (κ3) is 2.08. The topological polar surface area (TPSA) is 66.6 Å². The Morgan fingerprint density at radius 1 is 1.55 bits per heavy atom. The number of hydrogen-bond acceptors (Lipinski definition) is 3. The highest BCUT2D eigenvalue weighted by Crippen LogP contribution is 2.31. The van der Waals surface area contributed by atoms with Crippen LogP contribution in [0.1, 0.15) is 30.2 Å². The van der Waals surface area contributed by atoms with Gasteiger partial charge >= 0.3 is 0 Å². The van der Waals surface area contributed by atoms with Crippen LogP contribution in [0.3, 0.4) is 0 Å². The first-order chi connectivity index (χ1) is 9.53. The standard InChI is InChI=1S/C15H19N3O2/c1-10-3-4-14-12-7-15(9-19,16-11(2)20)6-5-13(12)17-18(14)8-10/h3-4,8,19H,5-7,9H2,1-2H3,(H,16,20). The number of aliphatic hydroxyl groups excluding tert-OH is 1. The van der Waals surface area contributed by atoms with Crippen LogP contribution in [0, 0.1) is 6.92 Å². The van der Waals surface area contributed by atoms with E-state index in [1.54, 1.807) is 0 Å². The molecule has 0 fully saturated rings. The van der Waals surface area contributed by atoms with E-state index in [-0.39, 0.29) is 12.5 Å². The molecule has 1 amide bonds. The third-order valence-corrected chi connectivity index (χ3v) is 4.06. The van der Waals surface area contributed by atoms with Crippen molar-refractivity contribution in [3.63, 3.8) is 0 Å². The smallest absolute Gasteiger partial charge is 0.217 e. The van der Waals surface area contributed by atoms with Crippen LogP contribution in [0.5, 0.6) is 0 Å². The number of aryl methyl sites for hydroxylation is 2. The van der Waals surface area contributed by atoms with Crippen LogP contribution in [0.2, 0.25) is 0 Å². The SMILES string of the molecule is CC(=O)NC1(CO)CCc2nn3cc(C)ccc3c2C1. The fourth-order valence-electron chi connectivity index (χ4n) is 3.08. The Bertz CT molecular complexity index is 677. The summed E-state index contributed by atoms with van der Waals surface area (Å²) in [5, 5.41) is 17.3. The van der Waals surface area contributed by atoms with Crippen LogP contribution in [0.4, 0.5) is 0 Å². The number of nitrogens with zero attached hydrogens (tertiary/aromatic N) is 2. The van der Waals surface area contributed by atoms with Crippen molar-refractivity contribution in [1.29, 1.82) is 0 Å². The molecule has 1 aliphatic carbocycles. The zero-order chi connectivity index (χ0) is 14.3. The molecule has 0 radical (unpaired) electrons. The number of hydrogen-bond donors (Lipinski definition) is 2. The average Bonchev–Trinajstić information content (AvgIpc) is 2.74. The maximum Gasteiger partial charge on any atom is 0.217 e. The summed E-state index contributed by atoms with van der Waals surface area (Å²) in [6.07, 6.45) is 4.13. The molecule has 1 unspecified atom stereocenters. The van der Waals surface area contributed by atoms with Crippen molar-refractivity contribution in [2.45, 2.75) is 38.6 Å². The monoisotopic (exact) mass is 273 g/mol. The first-order valence-corrected chi connectivity index (χ1v) is 6.89. The summed E-state index contributed by atoms with van der Waals surface area (Å²) in [5.74, 6) is -0.102. The molecular formula is C15H19N3O2. The second-order valence-corrected chi connectivity index (χ2v) is 5.76. The zero-order valence-corrected chi connectivity index (χ0v) is 11.8. The lowest BCUT2D eigenvalue weighted by molar-refractivity contribution is -0.121. The molecule has 5 nitrogen and oxygen atoms in total. The van der Waals surface area contributed by atoms with Crippen LogP contribution in [-0.2, 0) is 17.6 Å². The summed E-state index contributed by atoms with van der Waals surface area (Å²) in [6, 6.07) is 4.12. The Hall–Kier alpha value is -1.88. The van der Waals surface area contributed by atoms with Crippen molar-refractivity contribution >= 4 is 11.4 Å². The summed E-state index contributed by atoms with van der Waals surface area (Å²) < 4.78 is 1.90. The minimum absolute atomic E-state index is 0.0464. The van der Waals surface area contributed by atoms with E-state index in [2.05, 4.69) is 22.5 Å². The lowest BCUT2D eigenvalue weighted by Gasteiger charge is -2.35. The second kappa shape index (κ2) is 4.59. The molecule has 3 rings (SSSR count). The number of aliphatic hydroxyl groups is 1. The van der Waals surface area contributed by atoms with E-state index in [0.29, 0.717) is 6.42 Å². The van der Waals surface area contributed by atoms with Gasteiger partial charge < -0.3 is 10.4 Å². The molecule has 0 aliphatic heterocycles. The Labute approximate surface area is 117 Å². The molecule has 0 aromatic carbocycles. The lowest BCUT2D eigenvalue weighted by Crippen LogP contribution is -2.54. The summed E-state index contributed by atoms with van der Waals surface area (Å²) in [7, 11) is 0. The van der Waals surface area contributed by atoms with Gasteiger partial charge in [-0.15, -0.1) is 0 Å². The van der Waals surface area contributed by atoms with Crippen LogP contribution in [-0.4, -0.2) is 32.8 Å². The number of aromatic nitrogens is 2. The highest BCUT2D eigenvalue weighted by molar-refractivity contribution is 5.74. The van der Waals surface area contributed by atoms with Gasteiger partial charge in [0.1, 0.15) is 0 Å². The molecule has 1 atom stereocenters. The van der Waals surface area contributed by atoms with Gasteiger partial charge in [0.25, 0.3) is 0 Å². The van der Waals surface area contributed by atoms with Crippen LogP contribution in [0.25, 0.3) is 5.52 Å². The van der Waals surface area contributed by atoms with E-state index < -0.39 is 5.54 Å². The van der Waals surface area contributed by atoms with Gasteiger partial charge in [-0.3, -0.25) is 4.79 Å². The number of carbonyl (C=O) groups excluding carboxylic acids is 1. The largest absolute Gasteiger partial charge is 0.394 e. The fourth-order valence-corrected chi connectivity index (χ4v) is 3.08. The maximum absolute atomic E-state index is 11.4. The first kappa shape index (κ1) is 13.1. The molecular weight excluding hydrogens is 254 g/mol. The van der Waals surface area contributed by atoms with Gasteiger partial charge in [0, 0.05) is 25.1 Å². The minimum Gasteiger partial charge on any atom is -0.394 e. The van der Waals surface area contributed by atoms with Gasteiger partial charge in [0.2, 0.25) is 5.91 Å². The summed E-state index contributed by atoms with van der Waals surface area (Å²) >= 11 is 0. The van der Waals surface area contributed by atoms with Crippen molar-refractivity contribution in [3.05, 3.63) is 35.2 Å². The Kier molecular flexibility index (Phi) is 3.01. The van der Waals surface area contributed by atoms with Gasteiger partial charge in [0.05, 0.1) is 23.4 Å². The average molecular weight is 273 g/mol. The van der Waals surface area contributed by atoms with Crippen LogP contribution in [0.15, 0.2) is 18.3 Å². The molecule has 0 saturated heterocycles. The number of rotatable bonds is 2. The first-order valence-electron chi connectivity index (χ1n) is 6.89. The van der Waals surface area contributed by atoms with E-state index in [1.165, 1.54) is 6.92 Å². The van der Waals surface area contributed by atoms with Gasteiger partial charge in [0.15, 0.2) is 0 Å². The highest BCUT2D eigenvalue weighted by Gasteiger charge is 2.36. The van der Waals surface area contributed by atoms with E-state index in [0.717, 1.165) is 35.2 Å². The third-order valence-electron chi connectivity index (χ3n) is 4.06. The summed E-state index contributed by atoms with van der Waals surface area (Å²) in [5.41, 5.74) is 3.89. The minimum atomic E-state index is -0.548. The van der Waals surface area contributed by atoms with Crippen molar-refractivity contribution < 1.29 is 9.90 Å². The fraction of sp³-hybridized carbons (Fsp3) is 0.467. The van der Waals surface area contributed by atoms with Crippen molar-refractivity contribution in [1.82, 2.24) is 14.9 Å². The molecule has 106 valence electrons. The molecule has 0 spiro atoms. The van der Waals surface area contributed by atoms with E-state index in [1.807, 2.05) is 17.6 Å². The number of carbonyl (C=O) groups is 1. The summed E-state index contributed by atoms with van der Waals surface area (Å²) in [6.45, 7) is 3.48. The molecule has 5 heteroatoms. The molecule has 2 aromatic rings. The Balaban J connectivity index is 2.05. The van der Waals surface area contributed by atoms with Gasteiger partial charge in [-0.2, -0.15) is 5.10 Å². The lowest BCUT2D eigenvalue weighted by atomic mass is 9.80. The number of amides is 1. The predicted molar refractivity (Wildman–Crippen MR) is 75.6 cm³/mol. The van der Waals surface area contributed by atoms with E-state index in [4.69, 9.17) is 0 Å². The van der Waals surface area contributed by atoms with Crippen molar-refractivity contribution in [2.24, 2.45) is 0 Å². The molecule has 0 saturated carbocycles. The quantitative estimate of drug-likeness (QED) is 0.858. The Morgan fingerprint density at radius 2 is 2.35 bits per heavy atom. The maximum atomic E-state index is 11.4. The second-order valence-electron chi connectivity index (χ2n) is 5.76. The normalized spacial score (nSPS) is 21.8. The van der Waals surface area contributed by atoms with Gasteiger partial charge in [-0.25, -0.2) is 4.52 Å². The van der Waals surface area contributed by atoms with Crippen molar-refractivity contribution in [3.8, 4) is 0 Å². The molecule has 2 heterocycles. The van der Waals surface area contributed by atoms with Crippen molar-refractivity contribution in [2.75, 3.05) is 6.61 Å². The number of nitrogens with one attached hydrogen (secondary N) is 1. The van der Waals surface area contributed by atoms with Crippen LogP contribution < -0.4 is 5.32 Å². The van der Waals surface area contributed by atoms with Gasteiger partial charge in [-0.05, 0) is 31.4 Å². The molecule has 2 N–H and O–H groups in total. The number of pyridine rings is 1. The van der Waals surface area contributed by atoms with Gasteiger partial charge in [-0.1, -0.05) is 6.07 Å². The van der Waals surface area contributed by atoms with E-state index >= 15 is 0 Å². The zero-order valence-electron chi connectivity index (χ0n) is 11.8.